The number of nitrogens with zero attached hydrogens (tertiary/aromatic N) is 1. The highest BCUT2D eigenvalue weighted by atomic mass is 16.2. The molecule has 4 rings (SSSR count). The lowest BCUT2D eigenvalue weighted by atomic mass is 9.54. The van der Waals surface area contributed by atoms with Crippen molar-refractivity contribution in [3.8, 4) is 6.07 Å². The molecule has 2 aliphatic carbocycles. The van der Waals surface area contributed by atoms with E-state index in [0.717, 1.165) is 30.4 Å². The van der Waals surface area contributed by atoms with Gasteiger partial charge in [0.15, 0.2) is 0 Å². The van der Waals surface area contributed by atoms with Crippen molar-refractivity contribution in [2.45, 2.75) is 44.1 Å². The quantitative estimate of drug-likeness (QED) is 0.721. The molecule has 0 radical (unpaired) electrons. The highest BCUT2D eigenvalue weighted by Crippen LogP contribution is 2.55. The zero-order valence-electron chi connectivity index (χ0n) is 14.7. The van der Waals surface area contributed by atoms with Crippen molar-refractivity contribution >= 4 is 11.9 Å². The summed E-state index contributed by atoms with van der Waals surface area (Å²) < 4.78 is 0. The normalized spacial score (nSPS) is 33.5. The van der Waals surface area contributed by atoms with Crippen LogP contribution in [0, 0.1) is 30.1 Å². The van der Waals surface area contributed by atoms with E-state index >= 15 is 0 Å². The zero-order valence-corrected chi connectivity index (χ0v) is 14.7. The number of nitrogens with one attached hydrogen (secondary N) is 2. The molecular weight excluding hydrogens is 328 g/mol. The van der Waals surface area contributed by atoms with Crippen molar-refractivity contribution in [1.82, 2.24) is 10.6 Å². The number of carbonyl (C=O) groups excluding carboxylic acids is 2. The Morgan fingerprint density at radius 3 is 2.65 bits per heavy atom. The van der Waals surface area contributed by atoms with E-state index in [1.807, 2.05) is 31.2 Å². The van der Waals surface area contributed by atoms with Gasteiger partial charge >= 0.3 is 6.03 Å². The summed E-state index contributed by atoms with van der Waals surface area (Å²) in [6.45, 7) is 2.02. The summed E-state index contributed by atoms with van der Waals surface area (Å²) in [5, 5.41) is 15.2. The van der Waals surface area contributed by atoms with E-state index in [1.54, 1.807) is 0 Å². The van der Waals surface area contributed by atoms with Gasteiger partial charge in [0.2, 0.25) is 5.91 Å². The topological polar surface area (TPSA) is 108 Å². The number of carbonyl (C=O) groups is 2. The number of urea groups is 1. The van der Waals surface area contributed by atoms with E-state index < -0.39 is 23.4 Å². The molecule has 6 nitrogen and oxygen atoms in total. The van der Waals surface area contributed by atoms with Gasteiger partial charge in [0.05, 0.1) is 17.2 Å². The molecule has 1 saturated heterocycles. The summed E-state index contributed by atoms with van der Waals surface area (Å²) in [6.07, 6.45) is 3.48. The van der Waals surface area contributed by atoms with Crippen LogP contribution in [0.25, 0.3) is 0 Å². The van der Waals surface area contributed by atoms with Gasteiger partial charge in [0.25, 0.3) is 0 Å². The fourth-order valence-electron chi connectivity index (χ4n) is 5.20. The van der Waals surface area contributed by atoms with Gasteiger partial charge in [-0.1, -0.05) is 42.7 Å². The molecule has 0 unspecified atom stereocenters. The maximum Gasteiger partial charge on any atom is 0.321 e. The van der Waals surface area contributed by atoms with E-state index in [2.05, 4.69) is 16.7 Å². The second kappa shape index (κ2) is 5.87. The van der Waals surface area contributed by atoms with Crippen LogP contribution in [0.4, 0.5) is 4.79 Å². The highest BCUT2D eigenvalue weighted by molar-refractivity contribution is 6.01. The van der Waals surface area contributed by atoms with Crippen molar-refractivity contribution in [2.24, 2.45) is 17.6 Å². The molecule has 1 spiro atoms. The average Bonchev–Trinajstić information content (AvgIpc) is 2.60. The summed E-state index contributed by atoms with van der Waals surface area (Å²) in [7, 11) is 0. The molecule has 26 heavy (non-hydrogen) atoms. The minimum Gasteiger partial charge on any atom is -0.400 e. The Bertz CT molecular complexity index is 852. The zero-order chi connectivity index (χ0) is 18.5. The first-order valence-electron chi connectivity index (χ1n) is 9.07. The summed E-state index contributed by atoms with van der Waals surface area (Å²) in [5.41, 5.74) is 8.59. The van der Waals surface area contributed by atoms with Gasteiger partial charge in [0, 0.05) is 11.6 Å². The van der Waals surface area contributed by atoms with Gasteiger partial charge in [-0.2, -0.15) is 5.26 Å². The van der Waals surface area contributed by atoms with Gasteiger partial charge in [-0.25, -0.2) is 4.79 Å². The van der Waals surface area contributed by atoms with Crippen LogP contribution in [-0.4, -0.2) is 17.5 Å². The number of nitriles is 1. The number of aryl methyl sites for hydroxylation is 1. The Balaban J connectivity index is 1.94. The van der Waals surface area contributed by atoms with E-state index in [0.29, 0.717) is 17.7 Å². The third-order valence-corrected chi connectivity index (χ3v) is 6.27. The van der Waals surface area contributed by atoms with Gasteiger partial charge in [-0.3, -0.25) is 10.1 Å². The van der Waals surface area contributed by atoms with E-state index in [-0.39, 0.29) is 11.8 Å². The first-order valence-corrected chi connectivity index (χ1v) is 9.07. The monoisotopic (exact) mass is 350 g/mol. The van der Waals surface area contributed by atoms with Gasteiger partial charge < -0.3 is 11.1 Å². The fraction of sp³-hybridized carbons (Fsp3) is 0.450. The van der Waals surface area contributed by atoms with Crippen LogP contribution in [0.3, 0.4) is 0 Å². The molecule has 1 heterocycles. The van der Waals surface area contributed by atoms with Crippen LogP contribution in [0.5, 0.6) is 0 Å². The van der Waals surface area contributed by atoms with Crippen LogP contribution in [0.15, 0.2) is 35.5 Å². The van der Waals surface area contributed by atoms with Crippen LogP contribution < -0.4 is 16.4 Å². The van der Waals surface area contributed by atoms with Crippen molar-refractivity contribution in [1.29, 1.82) is 5.26 Å². The highest BCUT2D eigenvalue weighted by Gasteiger charge is 2.60. The molecule has 2 fully saturated rings. The summed E-state index contributed by atoms with van der Waals surface area (Å²) >= 11 is 0. The fourth-order valence-corrected chi connectivity index (χ4v) is 5.20. The molecule has 4 atom stereocenters. The number of amides is 3. The predicted octanol–water partition coefficient (Wildman–Crippen LogP) is 2.21. The number of imide groups is 1. The summed E-state index contributed by atoms with van der Waals surface area (Å²) in [6, 6.07) is 9.91. The summed E-state index contributed by atoms with van der Waals surface area (Å²) in [4.78, 5) is 24.8. The minimum atomic E-state index is -0.711. The number of hydrogen-bond acceptors (Lipinski definition) is 4. The SMILES string of the molecule is Cc1ccc([C@H]2C(C#N)=C(N)[C@@H]3C(=O)NC(=O)N[C@@]34CCCC[C@H]24)cc1. The molecule has 0 bridgehead atoms. The molecule has 4 N–H and O–H groups in total. The molecule has 1 aromatic carbocycles. The Morgan fingerprint density at radius 2 is 1.96 bits per heavy atom. The molecule has 134 valence electrons. The number of hydrogen-bond donors (Lipinski definition) is 3. The van der Waals surface area contributed by atoms with Crippen LogP contribution in [0.1, 0.15) is 42.7 Å². The van der Waals surface area contributed by atoms with E-state index in [4.69, 9.17) is 5.73 Å². The van der Waals surface area contributed by atoms with Gasteiger partial charge in [0.1, 0.15) is 5.92 Å². The smallest absolute Gasteiger partial charge is 0.321 e. The maximum absolute atomic E-state index is 12.7. The molecule has 3 aliphatic rings. The van der Waals surface area contributed by atoms with E-state index in [1.165, 1.54) is 0 Å². The molecule has 1 aliphatic heterocycles. The Kier molecular flexibility index (Phi) is 3.76. The van der Waals surface area contributed by atoms with Crippen LogP contribution in [-0.2, 0) is 4.79 Å². The Labute approximate surface area is 152 Å². The molecule has 1 aromatic rings. The molecule has 3 amide bonds. The third-order valence-electron chi connectivity index (χ3n) is 6.27. The number of rotatable bonds is 1. The van der Waals surface area contributed by atoms with E-state index in [9.17, 15) is 14.9 Å². The summed E-state index contributed by atoms with van der Waals surface area (Å²) in [5.74, 6) is -1.31. The number of allylic oxidation sites excluding steroid dienone is 1. The largest absolute Gasteiger partial charge is 0.400 e. The Hall–Kier alpha value is -2.81. The van der Waals surface area contributed by atoms with Crippen LogP contribution >= 0.6 is 0 Å². The number of nitrogens with two attached hydrogens (primary N) is 1. The standard InChI is InChI=1S/C20H22N4O2/c1-11-5-7-12(8-6-11)15-13(10-21)17(22)16-18(25)23-19(26)24-20(16)9-3-2-4-14(15)20/h5-8,14-16H,2-4,9,22H2,1H3,(H2,23,24,25,26)/t14-,15+,16-,20-/m1/s1. The van der Waals surface area contributed by atoms with Gasteiger partial charge in [-0.05, 0) is 31.2 Å². The second-order valence-corrected chi connectivity index (χ2v) is 7.64. The van der Waals surface area contributed by atoms with Crippen molar-refractivity contribution in [2.75, 3.05) is 0 Å². The maximum atomic E-state index is 12.7. The average molecular weight is 350 g/mol. The first kappa shape index (κ1) is 16.6. The predicted molar refractivity (Wildman–Crippen MR) is 95.6 cm³/mol. The van der Waals surface area contributed by atoms with Crippen molar-refractivity contribution in [3.63, 3.8) is 0 Å². The van der Waals surface area contributed by atoms with Gasteiger partial charge in [-0.15, -0.1) is 0 Å². The third kappa shape index (κ3) is 2.23. The first-order chi connectivity index (χ1) is 12.5. The Morgan fingerprint density at radius 1 is 1.23 bits per heavy atom. The molecule has 6 heteroatoms. The van der Waals surface area contributed by atoms with Crippen LogP contribution in [0.2, 0.25) is 0 Å². The lowest BCUT2D eigenvalue weighted by molar-refractivity contribution is -0.129. The molecule has 0 aromatic heterocycles. The molecule has 1 saturated carbocycles. The molecular formula is C20H22N4O2. The second-order valence-electron chi connectivity index (χ2n) is 7.64. The lowest BCUT2D eigenvalue weighted by Gasteiger charge is -2.56. The van der Waals surface area contributed by atoms with Crippen molar-refractivity contribution in [3.05, 3.63) is 46.7 Å². The number of benzene rings is 1. The van der Waals surface area contributed by atoms with Crippen molar-refractivity contribution < 1.29 is 9.59 Å². The lowest BCUT2D eigenvalue weighted by Crippen LogP contribution is -2.73. The minimum absolute atomic E-state index is 0.0269.